The van der Waals surface area contributed by atoms with Crippen molar-refractivity contribution in [1.82, 2.24) is 14.7 Å². The summed E-state index contributed by atoms with van der Waals surface area (Å²) in [7, 11) is 1.94. The average molecular weight is 301 g/mol. The van der Waals surface area contributed by atoms with Gasteiger partial charge >= 0.3 is 0 Å². The molecule has 1 unspecified atom stereocenters. The number of carbonyl (C=O) groups is 1. The molecule has 0 N–H and O–H groups in total. The molecule has 1 aliphatic rings. The van der Waals surface area contributed by atoms with E-state index in [1.165, 1.54) is 0 Å². The first-order valence-electron chi connectivity index (χ1n) is 7.26. The van der Waals surface area contributed by atoms with Crippen molar-refractivity contribution in [1.29, 1.82) is 0 Å². The maximum Gasteiger partial charge on any atom is 0.247 e. The summed E-state index contributed by atoms with van der Waals surface area (Å²) in [6, 6.07) is 6.17. The minimum Gasteiger partial charge on any atom is -0.331 e. The fraction of sp³-hybridized carbons (Fsp3) is 0.375. The van der Waals surface area contributed by atoms with E-state index in [4.69, 9.17) is 0 Å². The Morgan fingerprint density at radius 3 is 3.05 bits per heavy atom. The van der Waals surface area contributed by atoms with E-state index >= 15 is 0 Å². The summed E-state index contributed by atoms with van der Waals surface area (Å²) in [6.07, 6.45) is 8.65. The fourth-order valence-corrected chi connectivity index (χ4v) is 3.47. The third kappa shape index (κ3) is 3.08. The summed E-state index contributed by atoms with van der Waals surface area (Å²) in [4.78, 5) is 15.6. The highest BCUT2D eigenvalue weighted by Gasteiger charge is 2.28. The molecular weight excluding hydrogens is 282 g/mol. The molecule has 0 radical (unpaired) electrons. The van der Waals surface area contributed by atoms with Crippen molar-refractivity contribution in [3.8, 4) is 0 Å². The maximum atomic E-state index is 12.5. The number of hydrogen-bond acceptors (Lipinski definition) is 3. The zero-order chi connectivity index (χ0) is 14.7. The van der Waals surface area contributed by atoms with Crippen LogP contribution in [0.15, 0.2) is 35.9 Å². The van der Waals surface area contributed by atoms with Crippen molar-refractivity contribution in [2.75, 3.05) is 6.54 Å². The van der Waals surface area contributed by atoms with Crippen LogP contribution in [0.2, 0.25) is 0 Å². The number of nitrogens with zero attached hydrogens (tertiary/aromatic N) is 3. The van der Waals surface area contributed by atoms with E-state index in [1.807, 2.05) is 46.3 Å². The number of amides is 1. The first kappa shape index (κ1) is 14.1. The average Bonchev–Trinajstić information content (AvgIpc) is 3.16. The van der Waals surface area contributed by atoms with Crippen LogP contribution in [0.3, 0.4) is 0 Å². The standard InChI is InChI=1S/C16H19N3OS/c1-18-14(9-10-17-18)15-6-2-3-11-19(15)16(20)8-7-13-5-4-12-21-13/h4-5,7-10,12,15H,2-3,6,11H2,1H3. The minimum absolute atomic E-state index is 0.0919. The van der Waals surface area contributed by atoms with Crippen LogP contribution in [0.5, 0.6) is 0 Å². The zero-order valence-electron chi connectivity index (χ0n) is 12.1. The van der Waals surface area contributed by atoms with Crippen LogP contribution in [0.25, 0.3) is 6.08 Å². The van der Waals surface area contributed by atoms with Crippen LogP contribution in [0.4, 0.5) is 0 Å². The van der Waals surface area contributed by atoms with Gasteiger partial charge in [-0.2, -0.15) is 5.10 Å². The molecular formula is C16H19N3OS. The number of rotatable bonds is 3. The van der Waals surface area contributed by atoms with Crippen molar-refractivity contribution in [3.63, 3.8) is 0 Å². The molecule has 3 heterocycles. The Morgan fingerprint density at radius 2 is 2.33 bits per heavy atom. The third-order valence-electron chi connectivity index (χ3n) is 3.92. The molecule has 2 aromatic heterocycles. The molecule has 1 amide bonds. The topological polar surface area (TPSA) is 38.1 Å². The van der Waals surface area contributed by atoms with Crippen LogP contribution < -0.4 is 0 Å². The summed E-state index contributed by atoms with van der Waals surface area (Å²) in [5.41, 5.74) is 1.12. The number of aryl methyl sites for hydroxylation is 1. The first-order valence-corrected chi connectivity index (χ1v) is 8.14. The Labute approximate surface area is 128 Å². The summed E-state index contributed by atoms with van der Waals surface area (Å²) >= 11 is 1.64. The van der Waals surface area contributed by atoms with E-state index in [-0.39, 0.29) is 11.9 Å². The van der Waals surface area contributed by atoms with Crippen LogP contribution in [-0.4, -0.2) is 27.1 Å². The van der Waals surface area contributed by atoms with E-state index < -0.39 is 0 Å². The second-order valence-corrected chi connectivity index (χ2v) is 6.25. The molecule has 0 bridgehead atoms. The van der Waals surface area contributed by atoms with Gasteiger partial charge in [-0.15, -0.1) is 11.3 Å². The highest BCUT2D eigenvalue weighted by atomic mass is 32.1. The van der Waals surface area contributed by atoms with Gasteiger partial charge in [-0.25, -0.2) is 0 Å². The second kappa shape index (κ2) is 6.26. The highest BCUT2D eigenvalue weighted by Crippen LogP contribution is 2.30. The second-order valence-electron chi connectivity index (χ2n) is 5.27. The molecule has 0 spiro atoms. The minimum atomic E-state index is 0.0919. The normalized spacial score (nSPS) is 19.3. The van der Waals surface area contributed by atoms with E-state index in [9.17, 15) is 4.79 Å². The molecule has 0 aromatic carbocycles. The maximum absolute atomic E-state index is 12.5. The third-order valence-corrected chi connectivity index (χ3v) is 4.76. The van der Waals surface area contributed by atoms with Gasteiger partial charge < -0.3 is 4.90 Å². The summed E-state index contributed by atoms with van der Waals surface area (Å²) < 4.78 is 1.87. The number of carbonyl (C=O) groups excluding carboxylic acids is 1. The van der Waals surface area contributed by atoms with Gasteiger partial charge in [0.05, 0.1) is 11.7 Å². The molecule has 5 heteroatoms. The SMILES string of the molecule is Cn1nccc1C1CCCCN1C(=O)C=Cc1cccs1. The van der Waals surface area contributed by atoms with Gasteiger partial charge in [0.25, 0.3) is 0 Å². The quantitative estimate of drug-likeness (QED) is 0.816. The Bertz CT molecular complexity index is 630. The Kier molecular flexibility index (Phi) is 4.20. The molecule has 1 atom stereocenters. The summed E-state index contributed by atoms with van der Waals surface area (Å²) in [5.74, 6) is 0.0919. The lowest BCUT2D eigenvalue weighted by Crippen LogP contribution is -2.38. The molecule has 1 aliphatic heterocycles. The van der Waals surface area contributed by atoms with E-state index in [0.29, 0.717) is 0 Å². The number of thiophene rings is 1. The molecule has 4 nitrogen and oxygen atoms in total. The zero-order valence-corrected chi connectivity index (χ0v) is 12.9. The lowest BCUT2D eigenvalue weighted by atomic mass is 9.99. The Morgan fingerprint density at radius 1 is 1.43 bits per heavy atom. The largest absolute Gasteiger partial charge is 0.331 e. The number of hydrogen-bond donors (Lipinski definition) is 0. The van der Waals surface area contributed by atoms with Crippen molar-refractivity contribution in [2.24, 2.45) is 7.05 Å². The summed E-state index contributed by atoms with van der Waals surface area (Å²) in [5, 5.41) is 6.25. The van der Waals surface area contributed by atoms with Crippen molar-refractivity contribution in [2.45, 2.75) is 25.3 Å². The smallest absolute Gasteiger partial charge is 0.247 e. The van der Waals surface area contributed by atoms with E-state index in [1.54, 1.807) is 23.6 Å². The van der Waals surface area contributed by atoms with Crippen molar-refractivity contribution < 1.29 is 4.79 Å². The summed E-state index contributed by atoms with van der Waals surface area (Å²) in [6.45, 7) is 0.823. The van der Waals surface area contributed by atoms with Gasteiger partial charge in [-0.1, -0.05) is 6.07 Å². The van der Waals surface area contributed by atoms with Gasteiger partial charge in [0, 0.05) is 30.7 Å². The Hall–Kier alpha value is -1.88. The number of likely N-dealkylation sites (tertiary alicyclic amines) is 1. The van der Waals surface area contributed by atoms with Crippen LogP contribution >= 0.6 is 11.3 Å². The first-order chi connectivity index (χ1) is 10.3. The van der Waals surface area contributed by atoms with Gasteiger partial charge in [-0.3, -0.25) is 9.48 Å². The molecule has 110 valence electrons. The molecule has 1 saturated heterocycles. The predicted molar refractivity (Wildman–Crippen MR) is 84.9 cm³/mol. The van der Waals surface area contributed by atoms with Crippen LogP contribution in [0.1, 0.15) is 35.9 Å². The molecule has 21 heavy (non-hydrogen) atoms. The molecule has 0 saturated carbocycles. The highest BCUT2D eigenvalue weighted by molar-refractivity contribution is 7.10. The van der Waals surface area contributed by atoms with Gasteiger partial charge in [0.15, 0.2) is 0 Å². The lowest BCUT2D eigenvalue weighted by Gasteiger charge is -2.35. The predicted octanol–water partition coefficient (Wildman–Crippen LogP) is 3.25. The monoisotopic (exact) mass is 301 g/mol. The molecule has 3 rings (SSSR count). The van der Waals surface area contributed by atoms with Gasteiger partial charge in [0.2, 0.25) is 5.91 Å². The lowest BCUT2D eigenvalue weighted by molar-refractivity contribution is -0.129. The van der Waals surface area contributed by atoms with Crippen LogP contribution in [-0.2, 0) is 11.8 Å². The molecule has 1 fully saturated rings. The van der Waals surface area contributed by atoms with E-state index in [0.717, 1.165) is 36.4 Å². The van der Waals surface area contributed by atoms with Gasteiger partial charge in [-0.05, 0) is 42.9 Å². The van der Waals surface area contributed by atoms with Crippen LogP contribution in [0, 0.1) is 0 Å². The van der Waals surface area contributed by atoms with E-state index in [2.05, 4.69) is 5.10 Å². The molecule has 2 aromatic rings. The number of piperidine rings is 1. The Balaban J connectivity index is 1.78. The van der Waals surface area contributed by atoms with Crippen molar-refractivity contribution in [3.05, 3.63) is 46.4 Å². The van der Waals surface area contributed by atoms with Crippen molar-refractivity contribution >= 4 is 23.3 Å². The molecule has 0 aliphatic carbocycles. The number of aromatic nitrogens is 2. The van der Waals surface area contributed by atoms with Gasteiger partial charge in [0.1, 0.15) is 0 Å². The fourth-order valence-electron chi connectivity index (χ4n) is 2.85.